The number of amides is 1. The molecule has 1 heterocycles. The van der Waals surface area contributed by atoms with Crippen molar-refractivity contribution in [2.45, 2.75) is 18.9 Å². The highest BCUT2D eigenvalue weighted by Crippen LogP contribution is 2.36. The number of benzene rings is 2. The second kappa shape index (κ2) is 8.45. The lowest BCUT2D eigenvalue weighted by molar-refractivity contribution is -0.134. The summed E-state index contributed by atoms with van der Waals surface area (Å²) in [6.45, 7) is 0.671. The highest BCUT2D eigenvalue weighted by atomic mass is 16.5. The van der Waals surface area contributed by atoms with Gasteiger partial charge in [-0.3, -0.25) is 4.79 Å². The lowest BCUT2D eigenvalue weighted by Crippen LogP contribution is -2.34. The van der Waals surface area contributed by atoms with Gasteiger partial charge in [0, 0.05) is 6.54 Å². The van der Waals surface area contributed by atoms with Crippen LogP contribution in [0.15, 0.2) is 42.5 Å². The van der Waals surface area contributed by atoms with Crippen molar-refractivity contribution in [3.05, 3.63) is 53.6 Å². The van der Waals surface area contributed by atoms with Crippen LogP contribution < -0.4 is 14.2 Å². The third kappa shape index (κ3) is 4.14. The van der Waals surface area contributed by atoms with Crippen molar-refractivity contribution < 1.29 is 19.0 Å². The Morgan fingerprint density at radius 2 is 1.89 bits per heavy atom. The number of hydrogen-bond acceptors (Lipinski definition) is 5. The number of hydrogen-bond donors (Lipinski definition) is 0. The minimum Gasteiger partial charge on any atom is -0.493 e. The summed E-state index contributed by atoms with van der Waals surface area (Å²) < 4.78 is 16.3. The second-order valence-corrected chi connectivity index (χ2v) is 6.28. The van der Waals surface area contributed by atoms with Crippen molar-refractivity contribution in [3.63, 3.8) is 0 Å². The molecule has 1 atom stereocenters. The molecule has 2 aromatic rings. The van der Waals surface area contributed by atoms with Crippen molar-refractivity contribution in [1.82, 2.24) is 4.90 Å². The summed E-state index contributed by atoms with van der Waals surface area (Å²) >= 11 is 0. The van der Waals surface area contributed by atoms with Gasteiger partial charge in [-0.05, 0) is 54.8 Å². The SMILES string of the molecule is COc1ccc(C2CCCN2C(=O)COc2ccc(C#N)cc2)cc1OC. The lowest BCUT2D eigenvalue weighted by atomic mass is 10.0. The third-order valence-electron chi connectivity index (χ3n) is 4.71. The van der Waals surface area contributed by atoms with Gasteiger partial charge in [0.25, 0.3) is 5.91 Å². The molecule has 0 bridgehead atoms. The van der Waals surface area contributed by atoms with Gasteiger partial charge in [0.2, 0.25) is 0 Å². The predicted octanol–water partition coefficient (Wildman–Crippen LogP) is 3.32. The number of nitriles is 1. The van der Waals surface area contributed by atoms with Crippen LogP contribution in [0.2, 0.25) is 0 Å². The van der Waals surface area contributed by atoms with Crippen LogP contribution in [0.1, 0.15) is 30.0 Å². The first kappa shape index (κ1) is 18.6. The fourth-order valence-electron chi connectivity index (χ4n) is 3.33. The monoisotopic (exact) mass is 366 g/mol. The maximum absolute atomic E-state index is 12.7. The zero-order valence-corrected chi connectivity index (χ0v) is 15.5. The van der Waals surface area contributed by atoms with E-state index in [4.69, 9.17) is 19.5 Å². The zero-order valence-electron chi connectivity index (χ0n) is 15.5. The average molecular weight is 366 g/mol. The number of ether oxygens (including phenoxy) is 3. The molecule has 0 radical (unpaired) electrons. The first-order valence-electron chi connectivity index (χ1n) is 8.80. The molecule has 1 unspecified atom stereocenters. The van der Waals surface area contributed by atoms with Gasteiger partial charge in [-0.2, -0.15) is 5.26 Å². The molecule has 1 amide bonds. The van der Waals surface area contributed by atoms with Gasteiger partial charge in [0.05, 0.1) is 31.9 Å². The molecule has 6 nitrogen and oxygen atoms in total. The van der Waals surface area contributed by atoms with Crippen molar-refractivity contribution >= 4 is 5.91 Å². The van der Waals surface area contributed by atoms with E-state index < -0.39 is 0 Å². The molecule has 1 fully saturated rings. The van der Waals surface area contributed by atoms with Crippen LogP contribution in [0.25, 0.3) is 0 Å². The van der Waals surface area contributed by atoms with Gasteiger partial charge in [-0.15, -0.1) is 0 Å². The zero-order chi connectivity index (χ0) is 19.2. The Morgan fingerprint density at radius 3 is 2.56 bits per heavy atom. The summed E-state index contributed by atoms with van der Waals surface area (Å²) in [6, 6.07) is 14.5. The lowest BCUT2D eigenvalue weighted by Gasteiger charge is -2.25. The molecule has 6 heteroatoms. The van der Waals surface area contributed by atoms with E-state index in [0.717, 1.165) is 18.4 Å². The molecule has 1 saturated heterocycles. The molecule has 3 rings (SSSR count). The van der Waals surface area contributed by atoms with Crippen molar-refractivity contribution in [1.29, 1.82) is 5.26 Å². The molecule has 0 aliphatic carbocycles. The number of nitrogens with zero attached hydrogens (tertiary/aromatic N) is 2. The Kier molecular flexibility index (Phi) is 5.82. The fourth-order valence-corrected chi connectivity index (χ4v) is 3.33. The van der Waals surface area contributed by atoms with Crippen LogP contribution in [0.5, 0.6) is 17.2 Å². The van der Waals surface area contributed by atoms with Crippen LogP contribution in [-0.4, -0.2) is 38.2 Å². The topological polar surface area (TPSA) is 71.8 Å². The smallest absolute Gasteiger partial charge is 0.261 e. The van der Waals surface area contributed by atoms with Gasteiger partial charge >= 0.3 is 0 Å². The van der Waals surface area contributed by atoms with E-state index in [0.29, 0.717) is 29.4 Å². The van der Waals surface area contributed by atoms with Crippen LogP contribution in [0.3, 0.4) is 0 Å². The van der Waals surface area contributed by atoms with E-state index in [2.05, 4.69) is 6.07 Å². The summed E-state index contributed by atoms with van der Waals surface area (Å²) in [4.78, 5) is 14.5. The molecule has 0 aromatic heterocycles. The standard InChI is InChI=1S/C21H22N2O4/c1-25-19-10-7-16(12-20(19)26-2)18-4-3-11-23(18)21(24)14-27-17-8-5-15(13-22)6-9-17/h5-10,12,18H,3-4,11,14H2,1-2H3. The molecular formula is C21H22N2O4. The first-order chi connectivity index (χ1) is 13.2. The van der Waals surface area contributed by atoms with E-state index in [-0.39, 0.29) is 18.6 Å². The van der Waals surface area contributed by atoms with E-state index in [1.165, 1.54) is 0 Å². The van der Waals surface area contributed by atoms with Gasteiger partial charge in [0.15, 0.2) is 18.1 Å². The average Bonchev–Trinajstić information content (AvgIpc) is 3.21. The van der Waals surface area contributed by atoms with Crippen LogP contribution >= 0.6 is 0 Å². The molecule has 0 saturated carbocycles. The molecule has 27 heavy (non-hydrogen) atoms. The van der Waals surface area contributed by atoms with E-state index in [9.17, 15) is 4.79 Å². The fraction of sp³-hybridized carbons (Fsp3) is 0.333. The van der Waals surface area contributed by atoms with E-state index >= 15 is 0 Å². The molecule has 1 aliphatic rings. The van der Waals surface area contributed by atoms with Gasteiger partial charge in [0.1, 0.15) is 5.75 Å². The minimum atomic E-state index is -0.0587. The number of carbonyl (C=O) groups is 1. The number of rotatable bonds is 6. The van der Waals surface area contributed by atoms with Gasteiger partial charge < -0.3 is 19.1 Å². The van der Waals surface area contributed by atoms with Crippen LogP contribution in [0.4, 0.5) is 0 Å². The molecular weight excluding hydrogens is 344 g/mol. The van der Waals surface area contributed by atoms with Gasteiger partial charge in [-0.25, -0.2) is 0 Å². The summed E-state index contributed by atoms with van der Waals surface area (Å²) in [5.74, 6) is 1.84. The van der Waals surface area contributed by atoms with E-state index in [1.54, 1.807) is 38.5 Å². The normalized spacial score (nSPS) is 15.9. The first-order valence-corrected chi connectivity index (χ1v) is 8.80. The second-order valence-electron chi connectivity index (χ2n) is 6.28. The molecule has 0 spiro atoms. The molecule has 0 N–H and O–H groups in total. The number of carbonyl (C=O) groups excluding carboxylic acids is 1. The van der Waals surface area contributed by atoms with Crippen LogP contribution in [-0.2, 0) is 4.79 Å². The van der Waals surface area contributed by atoms with E-state index in [1.807, 2.05) is 23.1 Å². The summed E-state index contributed by atoms with van der Waals surface area (Å²) in [5, 5.41) is 8.83. The van der Waals surface area contributed by atoms with Crippen LogP contribution in [0, 0.1) is 11.3 Å². The summed E-state index contributed by atoms with van der Waals surface area (Å²) in [7, 11) is 3.20. The van der Waals surface area contributed by atoms with Gasteiger partial charge in [-0.1, -0.05) is 6.07 Å². The minimum absolute atomic E-state index is 0.00173. The highest BCUT2D eigenvalue weighted by Gasteiger charge is 2.30. The largest absolute Gasteiger partial charge is 0.493 e. The van der Waals surface area contributed by atoms with Crippen molar-refractivity contribution in [2.75, 3.05) is 27.4 Å². The predicted molar refractivity (Wildman–Crippen MR) is 99.9 cm³/mol. The molecule has 1 aliphatic heterocycles. The quantitative estimate of drug-likeness (QED) is 0.784. The Hall–Kier alpha value is -3.20. The maximum atomic E-state index is 12.7. The maximum Gasteiger partial charge on any atom is 0.261 e. The Labute approximate surface area is 158 Å². The summed E-state index contributed by atoms with van der Waals surface area (Å²) in [6.07, 6.45) is 1.85. The number of methoxy groups -OCH3 is 2. The van der Waals surface area contributed by atoms with Crippen molar-refractivity contribution in [3.8, 4) is 23.3 Å². The van der Waals surface area contributed by atoms with Crippen molar-refractivity contribution in [2.24, 2.45) is 0 Å². The molecule has 140 valence electrons. The summed E-state index contributed by atoms with van der Waals surface area (Å²) in [5.41, 5.74) is 1.58. The Morgan fingerprint density at radius 1 is 1.15 bits per heavy atom. The third-order valence-corrected chi connectivity index (χ3v) is 4.71. The number of likely N-dealkylation sites (tertiary alicyclic amines) is 1. The Balaban J connectivity index is 1.68. The molecule has 2 aromatic carbocycles. The highest BCUT2D eigenvalue weighted by molar-refractivity contribution is 5.78. The Bertz CT molecular complexity index is 842.